The van der Waals surface area contributed by atoms with Crippen molar-refractivity contribution in [2.75, 3.05) is 0 Å². The maximum Gasteiger partial charge on any atom is 0.277 e. The molecular formula is C29H23ClN4O2. The van der Waals surface area contributed by atoms with Gasteiger partial charge in [-0.1, -0.05) is 77.8 Å². The Morgan fingerprint density at radius 2 is 1.56 bits per heavy atom. The standard InChI is InChI=1S/C29H23ClN4O2/c1-19-13-15-21(16-14-19)26-18-23(29(36)34(26)32-28(35)22-9-5-3-6-10-22)17-25-20(2)31-33(27(25)30)24-11-7-4-8-12-24/h3-18H,1-2H3,(H,32,35). The number of halogens is 1. The number of amides is 2. The Kier molecular flexibility index (Phi) is 6.27. The lowest BCUT2D eigenvalue weighted by Crippen LogP contribution is -2.42. The number of para-hydroxylation sites is 1. The highest BCUT2D eigenvalue weighted by atomic mass is 35.5. The van der Waals surface area contributed by atoms with Crippen LogP contribution >= 0.6 is 11.6 Å². The molecule has 0 atom stereocenters. The molecule has 1 N–H and O–H groups in total. The van der Waals surface area contributed by atoms with Crippen molar-refractivity contribution in [3.05, 3.63) is 130 Å². The highest BCUT2D eigenvalue weighted by Crippen LogP contribution is 2.32. The number of aromatic nitrogens is 2. The number of nitrogens with one attached hydrogen (secondary N) is 1. The van der Waals surface area contributed by atoms with E-state index in [1.165, 1.54) is 5.01 Å². The van der Waals surface area contributed by atoms with Crippen molar-refractivity contribution >= 4 is 35.2 Å². The summed E-state index contributed by atoms with van der Waals surface area (Å²) in [5.74, 6) is -0.743. The van der Waals surface area contributed by atoms with Crippen LogP contribution in [0.4, 0.5) is 0 Å². The molecule has 0 unspecified atom stereocenters. The van der Waals surface area contributed by atoms with Crippen LogP contribution in [0.25, 0.3) is 17.5 Å². The first-order valence-corrected chi connectivity index (χ1v) is 11.8. The molecule has 1 aliphatic heterocycles. The van der Waals surface area contributed by atoms with Gasteiger partial charge in [-0.05, 0) is 50.3 Å². The molecule has 2 amide bonds. The van der Waals surface area contributed by atoms with Crippen LogP contribution in [0.1, 0.15) is 32.7 Å². The number of hydrogen-bond donors (Lipinski definition) is 1. The molecule has 0 radical (unpaired) electrons. The van der Waals surface area contributed by atoms with Gasteiger partial charge in [0.15, 0.2) is 0 Å². The van der Waals surface area contributed by atoms with E-state index in [0.29, 0.717) is 33.2 Å². The first kappa shape index (κ1) is 23.3. The lowest BCUT2D eigenvalue weighted by molar-refractivity contribution is -0.124. The Bertz CT molecular complexity index is 1500. The van der Waals surface area contributed by atoms with Crippen molar-refractivity contribution in [3.63, 3.8) is 0 Å². The summed E-state index contributed by atoms with van der Waals surface area (Å²) in [6.07, 6.45) is 3.48. The molecule has 0 spiro atoms. The number of hydrazine groups is 1. The molecule has 0 fully saturated rings. The molecule has 1 aromatic heterocycles. The molecule has 36 heavy (non-hydrogen) atoms. The van der Waals surface area contributed by atoms with Crippen LogP contribution in [0.3, 0.4) is 0 Å². The van der Waals surface area contributed by atoms with Gasteiger partial charge in [0, 0.05) is 22.3 Å². The topological polar surface area (TPSA) is 67.2 Å². The molecule has 1 aliphatic rings. The minimum atomic E-state index is -0.380. The fraction of sp³-hybridized carbons (Fsp3) is 0.0690. The Labute approximate surface area is 214 Å². The molecule has 0 aliphatic carbocycles. The van der Waals surface area contributed by atoms with Crippen LogP contribution < -0.4 is 5.43 Å². The summed E-state index contributed by atoms with van der Waals surface area (Å²) in [4.78, 5) is 26.5. The Morgan fingerprint density at radius 3 is 2.22 bits per heavy atom. The Hall–Kier alpha value is -4.42. The summed E-state index contributed by atoms with van der Waals surface area (Å²) in [5.41, 5.74) is 8.21. The minimum absolute atomic E-state index is 0.363. The van der Waals surface area contributed by atoms with Gasteiger partial charge in [-0.3, -0.25) is 15.0 Å². The third kappa shape index (κ3) is 4.46. The summed E-state index contributed by atoms with van der Waals surface area (Å²) < 4.78 is 1.64. The van der Waals surface area contributed by atoms with Crippen LogP contribution in [0.15, 0.2) is 96.6 Å². The van der Waals surface area contributed by atoms with Crippen molar-refractivity contribution < 1.29 is 9.59 Å². The largest absolute Gasteiger partial charge is 0.277 e. The lowest BCUT2D eigenvalue weighted by atomic mass is 10.1. The van der Waals surface area contributed by atoms with Gasteiger partial charge >= 0.3 is 0 Å². The molecule has 5 rings (SSSR count). The second-order valence-corrected chi connectivity index (χ2v) is 8.84. The first-order chi connectivity index (χ1) is 17.4. The van der Waals surface area contributed by atoms with E-state index < -0.39 is 0 Å². The van der Waals surface area contributed by atoms with Gasteiger partial charge in [0.2, 0.25) is 0 Å². The number of benzene rings is 3. The number of carbonyl (C=O) groups is 2. The minimum Gasteiger partial charge on any atom is -0.267 e. The van der Waals surface area contributed by atoms with Crippen LogP contribution in [0, 0.1) is 13.8 Å². The molecule has 0 saturated heterocycles. The quantitative estimate of drug-likeness (QED) is 0.359. The summed E-state index contributed by atoms with van der Waals surface area (Å²) in [7, 11) is 0. The number of aryl methyl sites for hydroxylation is 2. The average molecular weight is 495 g/mol. The van der Waals surface area contributed by atoms with Crippen LogP contribution in [-0.4, -0.2) is 26.6 Å². The van der Waals surface area contributed by atoms with Crippen molar-refractivity contribution in [2.45, 2.75) is 13.8 Å². The molecule has 4 aromatic rings. The van der Waals surface area contributed by atoms with E-state index in [0.717, 1.165) is 16.8 Å². The molecule has 0 bridgehead atoms. The third-order valence-electron chi connectivity index (χ3n) is 5.93. The summed E-state index contributed by atoms with van der Waals surface area (Å²) in [5, 5.41) is 6.25. The average Bonchev–Trinajstić information content (AvgIpc) is 3.36. The van der Waals surface area contributed by atoms with Crippen LogP contribution in [0.5, 0.6) is 0 Å². The van der Waals surface area contributed by atoms with Gasteiger partial charge in [0.05, 0.1) is 17.1 Å². The fourth-order valence-corrected chi connectivity index (χ4v) is 4.32. The van der Waals surface area contributed by atoms with Crippen LogP contribution in [0.2, 0.25) is 5.15 Å². The van der Waals surface area contributed by atoms with Gasteiger partial charge in [0.25, 0.3) is 11.8 Å². The van der Waals surface area contributed by atoms with E-state index in [-0.39, 0.29) is 11.8 Å². The normalized spacial score (nSPS) is 14.3. The molecule has 178 valence electrons. The van der Waals surface area contributed by atoms with Gasteiger partial charge in [-0.15, -0.1) is 0 Å². The maximum atomic E-state index is 13.5. The monoisotopic (exact) mass is 494 g/mol. The maximum absolute atomic E-state index is 13.5. The molecule has 0 saturated carbocycles. The molecule has 6 nitrogen and oxygen atoms in total. The summed E-state index contributed by atoms with van der Waals surface area (Å²) >= 11 is 6.70. The second-order valence-electron chi connectivity index (χ2n) is 8.48. The predicted octanol–water partition coefficient (Wildman–Crippen LogP) is 5.75. The number of rotatable bonds is 5. The highest BCUT2D eigenvalue weighted by molar-refractivity contribution is 6.31. The Balaban J connectivity index is 1.55. The van der Waals surface area contributed by atoms with Gasteiger partial charge < -0.3 is 0 Å². The third-order valence-corrected chi connectivity index (χ3v) is 6.29. The van der Waals surface area contributed by atoms with E-state index in [9.17, 15) is 9.59 Å². The molecule has 7 heteroatoms. The summed E-state index contributed by atoms with van der Waals surface area (Å²) in [6.45, 7) is 3.84. The highest BCUT2D eigenvalue weighted by Gasteiger charge is 2.31. The fourth-order valence-electron chi connectivity index (χ4n) is 3.99. The van der Waals surface area contributed by atoms with Gasteiger partial charge in [0.1, 0.15) is 5.15 Å². The zero-order valence-corrected chi connectivity index (χ0v) is 20.5. The van der Waals surface area contributed by atoms with Crippen molar-refractivity contribution in [3.8, 4) is 5.69 Å². The van der Waals surface area contributed by atoms with Gasteiger partial charge in [-0.2, -0.15) is 5.10 Å². The summed E-state index contributed by atoms with van der Waals surface area (Å²) in [6, 6.07) is 26.1. The molecule has 3 aromatic carbocycles. The number of hydrogen-bond acceptors (Lipinski definition) is 3. The first-order valence-electron chi connectivity index (χ1n) is 11.4. The second kappa shape index (κ2) is 9.68. The van der Waals surface area contributed by atoms with E-state index in [4.69, 9.17) is 11.6 Å². The predicted molar refractivity (Wildman–Crippen MR) is 141 cm³/mol. The zero-order valence-electron chi connectivity index (χ0n) is 19.8. The van der Waals surface area contributed by atoms with Crippen molar-refractivity contribution in [1.82, 2.24) is 20.2 Å². The number of nitrogens with zero attached hydrogens (tertiary/aromatic N) is 3. The van der Waals surface area contributed by atoms with E-state index >= 15 is 0 Å². The zero-order chi connectivity index (χ0) is 25.2. The lowest BCUT2D eigenvalue weighted by Gasteiger charge is -2.21. The SMILES string of the molecule is Cc1ccc(C2=CC(=Cc3c(C)nn(-c4ccccc4)c3Cl)C(=O)N2NC(=O)c2ccccc2)cc1. The van der Waals surface area contributed by atoms with E-state index in [1.807, 2.05) is 74.5 Å². The molecule has 2 heterocycles. The van der Waals surface area contributed by atoms with Crippen LogP contribution in [-0.2, 0) is 4.79 Å². The van der Waals surface area contributed by atoms with E-state index in [2.05, 4.69) is 10.5 Å². The Morgan fingerprint density at radius 1 is 0.917 bits per heavy atom. The van der Waals surface area contributed by atoms with Crippen molar-refractivity contribution in [1.29, 1.82) is 0 Å². The van der Waals surface area contributed by atoms with E-state index in [1.54, 1.807) is 41.1 Å². The molecular weight excluding hydrogens is 472 g/mol. The number of carbonyl (C=O) groups excluding carboxylic acids is 2. The van der Waals surface area contributed by atoms with Crippen molar-refractivity contribution in [2.24, 2.45) is 0 Å². The van der Waals surface area contributed by atoms with Gasteiger partial charge in [-0.25, -0.2) is 9.69 Å². The smallest absolute Gasteiger partial charge is 0.267 e.